The molecule has 0 bridgehead atoms. The van der Waals surface area contributed by atoms with E-state index in [1.54, 1.807) is 6.07 Å². The number of benzene rings is 1. The number of phenolic OH excluding ortho intramolecular Hbond substituents is 1. The SMILES string of the molecule is CC(=O)c1c(O)c(Br)cc2ccc(=O)oc12. The molecule has 2 rings (SSSR count). The number of hydrogen-bond acceptors (Lipinski definition) is 4. The molecule has 0 saturated heterocycles. The number of halogens is 1. The fourth-order valence-corrected chi connectivity index (χ4v) is 1.94. The Bertz CT molecular complexity index is 642. The van der Waals surface area contributed by atoms with Gasteiger partial charge in [-0.3, -0.25) is 4.79 Å². The van der Waals surface area contributed by atoms with Crippen molar-refractivity contribution >= 4 is 32.7 Å². The second kappa shape index (κ2) is 3.75. The highest BCUT2D eigenvalue weighted by molar-refractivity contribution is 9.10. The zero-order chi connectivity index (χ0) is 11.9. The van der Waals surface area contributed by atoms with Gasteiger partial charge in [-0.2, -0.15) is 0 Å². The minimum absolute atomic E-state index is 0.0158. The van der Waals surface area contributed by atoms with E-state index in [2.05, 4.69) is 15.9 Å². The molecule has 1 N–H and O–H groups in total. The summed E-state index contributed by atoms with van der Waals surface area (Å²) in [4.78, 5) is 22.5. The molecule has 0 aliphatic rings. The monoisotopic (exact) mass is 282 g/mol. The lowest BCUT2D eigenvalue weighted by Crippen LogP contribution is -2.00. The molecule has 0 saturated carbocycles. The van der Waals surface area contributed by atoms with E-state index in [-0.39, 0.29) is 22.7 Å². The highest BCUT2D eigenvalue weighted by Crippen LogP contribution is 2.34. The van der Waals surface area contributed by atoms with E-state index in [1.165, 1.54) is 19.1 Å². The molecule has 5 heteroatoms. The van der Waals surface area contributed by atoms with Crippen LogP contribution in [-0.4, -0.2) is 10.9 Å². The summed E-state index contributed by atoms with van der Waals surface area (Å²) in [5.74, 6) is -0.576. The summed E-state index contributed by atoms with van der Waals surface area (Å²) in [6.07, 6.45) is 0. The molecule has 1 aromatic heterocycles. The molecule has 0 radical (unpaired) electrons. The molecule has 16 heavy (non-hydrogen) atoms. The van der Waals surface area contributed by atoms with Gasteiger partial charge in [0.2, 0.25) is 0 Å². The molecular weight excluding hydrogens is 276 g/mol. The maximum Gasteiger partial charge on any atom is 0.336 e. The molecule has 0 fully saturated rings. The summed E-state index contributed by atoms with van der Waals surface area (Å²) in [7, 11) is 0. The Hall–Kier alpha value is -1.62. The minimum atomic E-state index is -0.559. The number of hydrogen-bond donors (Lipinski definition) is 1. The van der Waals surface area contributed by atoms with Crippen LogP contribution in [0.3, 0.4) is 0 Å². The van der Waals surface area contributed by atoms with Crippen molar-refractivity contribution in [2.45, 2.75) is 6.92 Å². The second-order valence-electron chi connectivity index (χ2n) is 3.31. The van der Waals surface area contributed by atoms with E-state index in [0.29, 0.717) is 9.86 Å². The van der Waals surface area contributed by atoms with Gasteiger partial charge in [0.05, 0.1) is 4.47 Å². The third-order valence-electron chi connectivity index (χ3n) is 2.19. The summed E-state index contributed by atoms with van der Waals surface area (Å²) < 4.78 is 5.32. The molecule has 0 aliphatic carbocycles. The van der Waals surface area contributed by atoms with E-state index >= 15 is 0 Å². The van der Waals surface area contributed by atoms with Gasteiger partial charge in [0, 0.05) is 11.5 Å². The Morgan fingerprint density at radius 2 is 2.12 bits per heavy atom. The van der Waals surface area contributed by atoms with Gasteiger partial charge in [-0.05, 0) is 35.0 Å². The maximum absolute atomic E-state index is 11.4. The summed E-state index contributed by atoms with van der Waals surface area (Å²) in [6, 6.07) is 4.38. The third kappa shape index (κ3) is 1.63. The van der Waals surface area contributed by atoms with Crippen LogP contribution >= 0.6 is 15.9 Å². The summed E-state index contributed by atoms with van der Waals surface area (Å²) in [5.41, 5.74) is -0.431. The normalized spacial score (nSPS) is 10.6. The van der Waals surface area contributed by atoms with Crippen LogP contribution < -0.4 is 5.63 Å². The van der Waals surface area contributed by atoms with Gasteiger partial charge in [-0.1, -0.05) is 0 Å². The van der Waals surface area contributed by atoms with E-state index in [0.717, 1.165) is 0 Å². The van der Waals surface area contributed by atoms with Crippen LogP contribution in [0.2, 0.25) is 0 Å². The van der Waals surface area contributed by atoms with Crippen molar-refractivity contribution in [1.29, 1.82) is 0 Å². The molecule has 2 aromatic rings. The van der Waals surface area contributed by atoms with Crippen LogP contribution in [0.5, 0.6) is 5.75 Å². The number of fused-ring (bicyclic) bond motifs is 1. The second-order valence-corrected chi connectivity index (χ2v) is 4.17. The van der Waals surface area contributed by atoms with E-state index in [1.807, 2.05) is 0 Å². The number of carbonyl (C=O) groups excluding carboxylic acids is 1. The van der Waals surface area contributed by atoms with Crippen molar-refractivity contribution in [3.63, 3.8) is 0 Å². The molecule has 82 valence electrons. The van der Waals surface area contributed by atoms with Crippen molar-refractivity contribution in [2.75, 3.05) is 0 Å². The van der Waals surface area contributed by atoms with Crippen molar-refractivity contribution in [3.8, 4) is 5.75 Å². The quantitative estimate of drug-likeness (QED) is 0.644. The van der Waals surface area contributed by atoms with Crippen molar-refractivity contribution < 1.29 is 14.3 Å². The predicted octanol–water partition coefficient (Wildman–Crippen LogP) is 2.46. The van der Waals surface area contributed by atoms with Gasteiger partial charge < -0.3 is 9.52 Å². The van der Waals surface area contributed by atoms with Crippen molar-refractivity contribution in [1.82, 2.24) is 0 Å². The standard InChI is InChI=1S/C11H7BrO4/c1-5(13)9-10(15)7(12)4-6-2-3-8(14)16-11(6)9/h2-4,15H,1H3. The summed E-state index contributed by atoms with van der Waals surface area (Å²) >= 11 is 3.13. The lowest BCUT2D eigenvalue weighted by Gasteiger charge is -2.06. The van der Waals surface area contributed by atoms with Gasteiger partial charge in [0.15, 0.2) is 11.4 Å². The molecule has 0 unspecified atom stereocenters. The first-order valence-electron chi connectivity index (χ1n) is 4.47. The first kappa shape index (κ1) is 10.9. The lowest BCUT2D eigenvalue weighted by atomic mass is 10.1. The third-order valence-corrected chi connectivity index (χ3v) is 2.79. The topological polar surface area (TPSA) is 67.5 Å². The predicted molar refractivity (Wildman–Crippen MR) is 61.9 cm³/mol. The van der Waals surface area contributed by atoms with Crippen molar-refractivity contribution in [3.05, 3.63) is 38.7 Å². The number of aromatic hydroxyl groups is 1. The molecule has 0 spiro atoms. The zero-order valence-corrected chi connectivity index (χ0v) is 9.87. The van der Waals surface area contributed by atoms with Crippen LogP contribution in [-0.2, 0) is 0 Å². The molecule has 0 aliphatic heterocycles. The van der Waals surface area contributed by atoms with Gasteiger partial charge in [-0.25, -0.2) is 4.79 Å². The fourth-order valence-electron chi connectivity index (χ4n) is 1.49. The van der Waals surface area contributed by atoms with Gasteiger partial charge in [0.25, 0.3) is 0 Å². The average molecular weight is 283 g/mol. The molecule has 1 heterocycles. The van der Waals surface area contributed by atoms with Crippen LogP contribution in [0.1, 0.15) is 17.3 Å². The number of rotatable bonds is 1. The Labute approximate surface area is 98.6 Å². The Morgan fingerprint density at radius 3 is 2.75 bits per heavy atom. The van der Waals surface area contributed by atoms with Crippen LogP contribution in [0.4, 0.5) is 0 Å². The zero-order valence-electron chi connectivity index (χ0n) is 8.28. The Kier molecular flexibility index (Phi) is 2.55. The summed E-state index contributed by atoms with van der Waals surface area (Å²) in [6.45, 7) is 1.30. The first-order valence-corrected chi connectivity index (χ1v) is 5.26. The highest BCUT2D eigenvalue weighted by atomic mass is 79.9. The Morgan fingerprint density at radius 1 is 1.44 bits per heavy atom. The number of ketones is 1. The van der Waals surface area contributed by atoms with Crippen LogP contribution in [0, 0.1) is 0 Å². The van der Waals surface area contributed by atoms with Gasteiger partial charge >= 0.3 is 5.63 Å². The fraction of sp³-hybridized carbons (Fsp3) is 0.0909. The number of carbonyl (C=O) groups is 1. The molecule has 1 aromatic carbocycles. The highest BCUT2D eigenvalue weighted by Gasteiger charge is 2.17. The van der Waals surface area contributed by atoms with Crippen LogP contribution in [0.25, 0.3) is 11.0 Å². The van der Waals surface area contributed by atoms with Gasteiger partial charge in [0.1, 0.15) is 11.3 Å². The lowest BCUT2D eigenvalue weighted by molar-refractivity contribution is 0.101. The van der Waals surface area contributed by atoms with Crippen molar-refractivity contribution in [2.24, 2.45) is 0 Å². The maximum atomic E-state index is 11.4. The summed E-state index contributed by atoms with van der Waals surface area (Å²) in [5, 5.41) is 10.3. The van der Waals surface area contributed by atoms with E-state index < -0.39 is 5.63 Å². The number of phenols is 1. The molecular formula is C11H7BrO4. The smallest absolute Gasteiger partial charge is 0.336 e. The first-order chi connectivity index (χ1) is 7.50. The molecule has 0 amide bonds. The minimum Gasteiger partial charge on any atom is -0.506 e. The molecule has 4 nitrogen and oxygen atoms in total. The largest absolute Gasteiger partial charge is 0.506 e. The average Bonchev–Trinajstić information content (AvgIpc) is 2.20. The van der Waals surface area contributed by atoms with Crippen LogP contribution in [0.15, 0.2) is 31.9 Å². The molecule has 0 atom stereocenters. The van der Waals surface area contributed by atoms with E-state index in [4.69, 9.17) is 4.42 Å². The van der Waals surface area contributed by atoms with Gasteiger partial charge in [-0.15, -0.1) is 0 Å². The number of Topliss-reactive ketones (excluding diaryl/α,β-unsaturated/α-hetero) is 1. The van der Waals surface area contributed by atoms with E-state index in [9.17, 15) is 14.7 Å². The Balaban J connectivity index is 3.02.